The molecule has 15 heavy (non-hydrogen) atoms. The number of hydrogen-bond acceptors (Lipinski definition) is 4. The van der Waals surface area contributed by atoms with E-state index in [0.29, 0.717) is 31.3 Å². The number of oxazole rings is 1. The Morgan fingerprint density at radius 3 is 2.80 bits per heavy atom. The quantitative estimate of drug-likeness (QED) is 0.727. The third-order valence-corrected chi connectivity index (χ3v) is 1.85. The molecule has 84 valence electrons. The highest BCUT2D eigenvalue weighted by atomic mass is 16.5. The van der Waals surface area contributed by atoms with Gasteiger partial charge in [0.05, 0.1) is 6.61 Å². The molecule has 0 spiro atoms. The Hall–Kier alpha value is -1.36. The first-order valence-corrected chi connectivity index (χ1v) is 4.92. The molecular weight excluding hydrogens is 198 g/mol. The molecule has 0 atom stereocenters. The van der Waals surface area contributed by atoms with Crippen molar-refractivity contribution in [1.29, 1.82) is 0 Å². The van der Waals surface area contributed by atoms with Gasteiger partial charge in [-0.05, 0) is 13.3 Å². The van der Waals surface area contributed by atoms with Crippen LogP contribution in [0.3, 0.4) is 0 Å². The first-order valence-electron chi connectivity index (χ1n) is 4.92. The number of carbonyl (C=O) groups is 1. The van der Waals surface area contributed by atoms with Gasteiger partial charge in [0.15, 0.2) is 11.6 Å². The van der Waals surface area contributed by atoms with Gasteiger partial charge in [-0.15, -0.1) is 0 Å². The van der Waals surface area contributed by atoms with E-state index in [1.54, 1.807) is 6.92 Å². The fraction of sp³-hybridized carbons (Fsp3) is 0.600. The normalized spacial score (nSPS) is 10.5. The Bertz CT molecular complexity index is 332. The van der Waals surface area contributed by atoms with E-state index in [-0.39, 0.29) is 5.69 Å². The van der Waals surface area contributed by atoms with Crippen LogP contribution in [0.1, 0.15) is 35.5 Å². The van der Waals surface area contributed by atoms with Crippen molar-refractivity contribution in [3.05, 3.63) is 17.3 Å². The molecule has 0 saturated carbocycles. The zero-order chi connectivity index (χ0) is 11.3. The third kappa shape index (κ3) is 3.36. The van der Waals surface area contributed by atoms with Gasteiger partial charge >= 0.3 is 5.97 Å². The summed E-state index contributed by atoms with van der Waals surface area (Å²) in [5.41, 5.74) is -0.0134. The molecule has 5 heteroatoms. The molecule has 0 amide bonds. The minimum absolute atomic E-state index is 0.0134. The highest BCUT2D eigenvalue weighted by Crippen LogP contribution is 2.10. The van der Waals surface area contributed by atoms with Crippen LogP contribution in [0.4, 0.5) is 0 Å². The Kier molecular flexibility index (Phi) is 4.30. The monoisotopic (exact) mass is 213 g/mol. The Balaban J connectivity index is 2.48. The number of hydrogen-bond donors (Lipinski definition) is 1. The molecule has 0 aromatic carbocycles. The van der Waals surface area contributed by atoms with E-state index in [1.807, 2.05) is 6.92 Å². The number of aromatic nitrogens is 1. The van der Waals surface area contributed by atoms with E-state index in [9.17, 15) is 4.79 Å². The number of aryl methyl sites for hydroxylation is 1. The van der Waals surface area contributed by atoms with Crippen LogP contribution in [0.2, 0.25) is 0 Å². The number of aromatic carboxylic acids is 1. The van der Waals surface area contributed by atoms with Gasteiger partial charge in [0.1, 0.15) is 5.76 Å². The summed E-state index contributed by atoms with van der Waals surface area (Å²) >= 11 is 0. The highest BCUT2D eigenvalue weighted by Gasteiger charge is 2.15. The van der Waals surface area contributed by atoms with E-state index in [0.717, 1.165) is 6.42 Å². The van der Waals surface area contributed by atoms with Gasteiger partial charge in [-0.25, -0.2) is 9.78 Å². The van der Waals surface area contributed by atoms with Crippen molar-refractivity contribution in [2.45, 2.75) is 26.7 Å². The highest BCUT2D eigenvalue weighted by molar-refractivity contribution is 5.86. The summed E-state index contributed by atoms with van der Waals surface area (Å²) in [7, 11) is 0. The van der Waals surface area contributed by atoms with E-state index in [2.05, 4.69) is 4.98 Å². The predicted molar refractivity (Wildman–Crippen MR) is 53.0 cm³/mol. The SMILES string of the molecule is CCCOCCc1nc(C(=O)O)c(C)o1. The summed E-state index contributed by atoms with van der Waals surface area (Å²) < 4.78 is 10.4. The standard InChI is InChI=1S/C10H15NO4/c1-3-5-14-6-4-8-11-9(10(12)13)7(2)15-8/h3-6H2,1-2H3,(H,12,13). The number of ether oxygens (including phenoxy) is 1. The van der Waals surface area contributed by atoms with Crippen molar-refractivity contribution in [2.24, 2.45) is 0 Å². The largest absolute Gasteiger partial charge is 0.476 e. The summed E-state index contributed by atoms with van der Waals surface area (Å²) in [6.07, 6.45) is 1.47. The molecule has 1 aromatic heterocycles. The van der Waals surface area contributed by atoms with Gasteiger partial charge in [0, 0.05) is 13.0 Å². The summed E-state index contributed by atoms with van der Waals surface area (Å²) in [4.78, 5) is 14.5. The molecule has 0 saturated heterocycles. The van der Waals surface area contributed by atoms with E-state index < -0.39 is 5.97 Å². The van der Waals surface area contributed by atoms with E-state index >= 15 is 0 Å². The van der Waals surface area contributed by atoms with Gasteiger partial charge in [0.2, 0.25) is 0 Å². The molecule has 5 nitrogen and oxygen atoms in total. The lowest BCUT2D eigenvalue weighted by Gasteiger charge is -1.98. The van der Waals surface area contributed by atoms with Crippen molar-refractivity contribution < 1.29 is 19.1 Å². The van der Waals surface area contributed by atoms with Gasteiger partial charge in [-0.3, -0.25) is 0 Å². The zero-order valence-electron chi connectivity index (χ0n) is 8.95. The molecule has 1 aromatic rings. The maximum absolute atomic E-state index is 10.7. The maximum Gasteiger partial charge on any atom is 0.358 e. The number of rotatable bonds is 6. The zero-order valence-corrected chi connectivity index (χ0v) is 8.95. The molecule has 0 radical (unpaired) electrons. The molecular formula is C10H15NO4. The number of nitrogens with zero attached hydrogens (tertiary/aromatic N) is 1. The Labute approximate surface area is 88.1 Å². The van der Waals surface area contributed by atoms with Crippen LogP contribution in [-0.4, -0.2) is 29.3 Å². The topological polar surface area (TPSA) is 72.6 Å². The second-order valence-corrected chi connectivity index (χ2v) is 3.18. The maximum atomic E-state index is 10.7. The van der Waals surface area contributed by atoms with E-state index in [1.165, 1.54) is 0 Å². The minimum Gasteiger partial charge on any atom is -0.476 e. The molecule has 0 aliphatic rings. The average molecular weight is 213 g/mol. The summed E-state index contributed by atoms with van der Waals surface area (Å²) in [5.74, 6) is -0.300. The summed E-state index contributed by atoms with van der Waals surface area (Å²) in [6, 6.07) is 0. The van der Waals surface area contributed by atoms with Crippen LogP contribution >= 0.6 is 0 Å². The van der Waals surface area contributed by atoms with Crippen LogP contribution in [0, 0.1) is 6.92 Å². The first-order chi connectivity index (χ1) is 7.15. The Morgan fingerprint density at radius 2 is 2.27 bits per heavy atom. The number of carboxylic acids is 1. The average Bonchev–Trinajstić information content (AvgIpc) is 2.55. The van der Waals surface area contributed by atoms with Gasteiger partial charge in [-0.2, -0.15) is 0 Å². The molecule has 0 fully saturated rings. The minimum atomic E-state index is -1.06. The first kappa shape index (κ1) is 11.7. The van der Waals surface area contributed by atoms with Crippen molar-refractivity contribution in [3.8, 4) is 0 Å². The fourth-order valence-corrected chi connectivity index (χ4v) is 1.16. The lowest BCUT2D eigenvalue weighted by molar-refractivity contribution is 0.0689. The Morgan fingerprint density at radius 1 is 1.53 bits per heavy atom. The molecule has 0 bridgehead atoms. The second-order valence-electron chi connectivity index (χ2n) is 3.18. The predicted octanol–water partition coefficient (Wildman–Crippen LogP) is 1.65. The molecule has 0 aliphatic heterocycles. The van der Waals surface area contributed by atoms with Crippen LogP contribution < -0.4 is 0 Å². The molecule has 1 N–H and O–H groups in total. The van der Waals surface area contributed by atoms with Crippen LogP contribution in [-0.2, 0) is 11.2 Å². The molecule has 1 heterocycles. The van der Waals surface area contributed by atoms with Crippen LogP contribution in [0.5, 0.6) is 0 Å². The smallest absolute Gasteiger partial charge is 0.358 e. The van der Waals surface area contributed by atoms with Crippen LogP contribution in [0.15, 0.2) is 4.42 Å². The van der Waals surface area contributed by atoms with Crippen molar-refractivity contribution >= 4 is 5.97 Å². The van der Waals surface area contributed by atoms with Crippen molar-refractivity contribution in [3.63, 3.8) is 0 Å². The molecule has 0 unspecified atom stereocenters. The van der Waals surface area contributed by atoms with Gasteiger partial charge in [0.25, 0.3) is 0 Å². The lowest BCUT2D eigenvalue weighted by atomic mass is 10.4. The third-order valence-electron chi connectivity index (χ3n) is 1.85. The second kappa shape index (κ2) is 5.50. The van der Waals surface area contributed by atoms with Gasteiger partial charge in [-0.1, -0.05) is 6.92 Å². The number of carboxylic acid groups (broad SMARTS) is 1. The summed E-state index contributed by atoms with van der Waals surface area (Å²) in [5, 5.41) is 8.73. The lowest BCUT2D eigenvalue weighted by Crippen LogP contribution is -2.01. The molecule has 1 rings (SSSR count). The summed E-state index contributed by atoms with van der Waals surface area (Å²) in [6.45, 7) is 4.82. The van der Waals surface area contributed by atoms with Crippen molar-refractivity contribution in [1.82, 2.24) is 4.98 Å². The van der Waals surface area contributed by atoms with Gasteiger partial charge < -0.3 is 14.3 Å². The molecule has 0 aliphatic carbocycles. The fourth-order valence-electron chi connectivity index (χ4n) is 1.16. The van der Waals surface area contributed by atoms with E-state index in [4.69, 9.17) is 14.3 Å². The van der Waals surface area contributed by atoms with Crippen molar-refractivity contribution in [2.75, 3.05) is 13.2 Å². The van der Waals surface area contributed by atoms with Crippen LogP contribution in [0.25, 0.3) is 0 Å².